The van der Waals surface area contributed by atoms with E-state index in [2.05, 4.69) is 16.0 Å². The van der Waals surface area contributed by atoms with Gasteiger partial charge in [-0.1, -0.05) is 12.1 Å². The molecule has 6 nitrogen and oxygen atoms in total. The monoisotopic (exact) mass is 348 g/mol. The standard InChI is InChI=1S/C20H20N4O2/c1-14-12-26-19-6-5-15(16-4-3-7-21-9-16)8-17(19)10-24(14)20(25)18-11-23(2)13-22-18/h3-9,11,13-14H,10,12H2,1-2H3/t14-/m0/s1. The summed E-state index contributed by atoms with van der Waals surface area (Å²) in [4.78, 5) is 23.1. The number of hydrogen-bond donors (Lipinski definition) is 0. The van der Waals surface area contributed by atoms with Crippen LogP contribution in [0.4, 0.5) is 0 Å². The molecule has 0 N–H and O–H groups in total. The molecule has 4 rings (SSSR count). The molecular weight excluding hydrogens is 328 g/mol. The number of carbonyl (C=O) groups excluding carboxylic acids is 1. The van der Waals surface area contributed by atoms with E-state index in [0.717, 1.165) is 22.4 Å². The summed E-state index contributed by atoms with van der Waals surface area (Å²) in [5.74, 6) is 0.738. The van der Waals surface area contributed by atoms with E-state index in [4.69, 9.17) is 4.74 Å². The Bertz CT molecular complexity index is 936. The second kappa shape index (κ2) is 6.63. The Morgan fingerprint density at radius 2 is 2.15 bits per heavy atom. The van der Waals surface area contributed by atoms with E-state index in [1.165, 1.54) is 0 Å². The van der Waals surface area contributed by atoms with Gasteiger partial charge in [0, 0.05) is 36.8 Å². The fourth-order valence-electron chi connectivity index (χ4n) is 3.14. The molecule has 26 heavy (non-hydrogen) atoms. The second-order valence-electron chi connectivity index (χ2n) is 6.58. The molecule has 3 heterocycles. The van der Waals surface area contributed by atoms with Crippen LogP contribution in [-0.4, -0.2) is 38.0 Å². The number of hydrogen-bond acceptors (Lipinski definition) is 4. The fourth-order valence-corrected chi connectivity index (χ4v) is 3.14. The Kier molecular flexibility index (Phi) is 4.16. The lowest BCUT2D eigenvalue weighted by atomic mass is 10.0. The van der Waals surface area contributed by atoms with Crippen molar-refractivity contribution in [1.29, 1.82) is 0 Å². The van der Waals surface area contributed by atoms with Gasteiger partial charge in [-0.3, -0.25) is 9.78 Å². The average molecular weight is 348 g/mol. The Morgan fingerprint density at radius 1 is 1.27 bits per heavy atom. The number of pyridine rings is 1. The van der Waals surface area contributed by atoms with E-state index in [1.54, 1.807) is 23.3 Å². The van der Waals surface area contributed by atoms with Crippen LogP contribution in [0, 0.1) is 0 Å². The molecule has 0 saturated heterocycles. The molecule has 1 aliphatic heterocycles. The summed E-state index contributed by atoms with van der Waals surface area (Å²) in [6, 6.07) is 9.96. The number of imidazole rings is 1. The molecule has 0 fully saturated rings. The van der Waals surface area contributed by atoms with Crippen molar-refractivity contribution in [3.05, 3.63) is 66.5 Å². The second-order valence-corrected chi connectivity index (χ2v) is 6.58. The van der Waals surface area contributed by atoms with Crippen molar-refractivity contribution in [2.75, 3.05) is 6.61 Å². The van der Waals surface area contributed by atoms with Crippen molar-refractivity contribution in [2.24, 2.45) is 7.05 Å². The Hall–Kier alpha value is -3.15. The lowest BCUT2D eigenvalue weighted by Crippen LogP contribution is -2.40. The third-order valence-electron chi connectivity index (χ3n) is 4.59. The smallest absolute Gasteiger partial charge is 0.274 e. The zero-order chi connectivity index (χ0) is 18.1. The summed E-state index contributed by atoms with van der Waals surface area (Å²) in [7, 11) is 1.86. The van der Waals surface area contributed by atoms with E-state index >= 15 is 0 Å². The predicted octanol–water partition coefficient (Wildman–Crippen LogP) is 2.91. The van der Waals surface area contributed by atoms with Crippen LogP contribution < -0.4 is 4.74 Å². The van der Waals surface area contributed by atoms with Crippen molar-refractivity contribution in [2.45, 2.75) is 19.5 Å². The molecule has 1 aliphatic rings. The van der Waals surface area contributed by atoms with Gasteiger partial charge in [-0.05, 0) is 30.7 Å². The molecule has 2 aromatic heterocycles. The zero-order valence-electron chi connectivity index (χ0n) is 14.8. The topological polar surface area (TPSA) is 60.2 Å². The van der Waals surface area contributed by atoms with Gasteiger partial charge in [0.05, 0.1) is 18.9 Å². The first-order valence-corrected chi connectivity index (χ1v) is 8.57. The molecule has 0 saturated carbocycles. The molecule has 0 bridgehead atoms. The zero-order valence-corrected chi connectivity index (χ0v) is 14.8. The highest BCUT2D eigenvalue weighted by Crippen LogP contribution is 2.30. The largest absolute Gasteiger partial charge is 0.491 e. The molecule has 6 heteroatoms. The van der Waals surface area contributed by atoms with Gasteiger partial charge in [-0.2, -0.15) is 0 Å². The van der Waals surface area contributed by atoms with Gasteiger partial charge >= 0.3 is 0 Å². The third-order valence-corrected chi connectivity index (χ3v) is 4.59. The number of aryl methyl sites for hydroxylation is 1. The predicted molar refractivity (Wildman–Crippen MR) is 97.7 cm³/mol. The highest BCUT2D eigenvalue weighted by atomic mass is 16.5. The Labute approximate surface area is 152 Å². The molecule has 0 spiro atoms. The van der Waals surface area contributed by atoms with Gasteiger partial charge in [-0.15, -0.1) is 0 Å². The highest BCUT2D eigenvalue weighted by Gasteiger charge is 2.28. The Balaban J connectivity index is 1.67. The van der Waals surface area contributed by atoms with Crippen molar-refractivity contribution in [3.63, 3.8) is 0 Å². The maximum atomic E-state index is 12.9. The molecule has 1 aromatic carbocycles. The van der Waals surface area contributed by atoms with Crippen LogP contribution in [0.5, 0.6) is 5.75 Å². The number of fused-ring (bicyclic) bond motifs is 1. The molecular formula is C20H20N4O2. The van der Waals surface area contributed by atoms with Gasteiger partial charge in [0.2, 0.25) is 0 Å². The summed E-state index contributed by atoms with van der Waals surface area (Å²) in [5.41, 5.74) is 3.53. The minimum Gasteiger partial charge on any atom is -0.491 e. The molecule has 0 unspecified atom stereocenters. The highest BCUT2D eigenvalue weighted by molar-refractivity contribution is 5.92. The van der Waals surface area contributed by atoms with Crippen LogP contribution in [0.15, 0.2) is 55.2 Å². The number of aromatic nitrogens is 3. The first kappa shape index (κ1) is 16.3. The SMILES string of the molecule is C[C@H]1COc2ccc(-c3cccnc3)cc2CN1C(=O)c1cn(C)cn1. The molecule has 132 valence electrons. The van der Waals surface area contributed by atoms with Gasteiger partial charge in [-0.25, -0.2) is 4.98 Å². The van der Waals surface area contributed by atoms with Gasteiger partial charge in [0.15, 0.2) is 0 Å². The van der Waals surface area contributed by atoms with E-state index in [9.17, 15) is 4.79 Å². The minimum atomic E-state index is -0.0821. The maximum Gasteiger partial charge on any atom is 0.274 e. The van der Waals surface area contributed by atoms with E-state index in [0.29, 0.717) is 18.8 Å². The van der Waals surface area contributed by atoms with Crippen molar-refractivity contribution in [1.82, 2.24) is 19.4 Å². The third kappa shape index (κ3) is 3.06. The average Bonchev–Trinajstić information content (AvgIpc) is 3.03. The van der Waals surface area contributed by atoms with Crippen LogP contribution in [0.1, 0.15) is 23.0 Å². The first-order valence-electron chi connectivity index (χ1n) is 8.57. The van der Waals surface area contributed by atoms with Crippen LogP contribution in [0.3, 0.4) is 0 Å². The summed E-state index contributed by atoms with van der Waals surface area (Å²) >= 11 is 0. The van der Waals surface area contributed by atoms with Crippen LogP contribution in [-0.2, 0) is 13.6 Å². The van der Waals surface area contributed by atoms with Crippen molar-refractivity contribution in [3.8, 4) is 16.9 Å². The first-order chi connectivity index (χ1) is 12.6. The number of carbonyl (C=O) groups is 1. The van der Waals surface area contributed by atoms with Crippen molar-refractivity contribution >= 4 is 5.91 Å². The summed E-state index contributed by atoms with van der Waals surface area (Å²) in [6.45, 7) is 2.94. The van der Waals surface area contributed by atoms with Gasteiger partial charge in [0.1, 0.15) is 18.1 Å². The normalized spacial score (nSPS) is 16.5. The minimum absolute atomic E-state index is 0.0428. The molecule has 0 aliphatic carbocycles. The van der Waals surface area contributed by atoms with Crippen LogP contribution >= 0.6 is 0 Å². The van der Waals surface area contributed by atoms with Crippen LogP contribution in [0.25, 0.3) is 11.1 Å². The number of benzene rings is 1. The summed E-state index contributed by atoms with van der Waals surface area (Å²) in [5, 5.41) is 0. The lowest BCUT2D eigenvalue weighted by Gasteiger charge is -2.25. The Morgan fingerprint density at radius 3 is 2.88 bits per heavy atom. The molecule has 1 amide bonds. The number of nitrogens with zero attached hydrogens (tertiary/aromatic N) is 4. The number of ether oxygens (including phenoxy) is 1. The van der Waals surface area contributed by atoms with E-state index in [1.807, 2.05) is 49.3 Å². The molecule has 1 atom stereocenters. The maximum absolute atomic E-state index is 12.9. The fraction of sp³-hybridized carbons (Fsp3) is 0.250. The van der Waals surface area contributed by atoms with Crippen molar-refractivity contribution < 1.29 is 9.53 Å². The molecule has 0 radical (unpaired) electrons. The number of amides is 1. The summed E-state index contributed by atoms with van der Waals surface area (Å²) < 4.78 is 7.72. The molecule has 3 aromatic rings. The lowest BCUT2D eigenvalue weighted by molar-refractivity contribution is 0.0640. The van der Waals surface area contributed by atoms with Gasteiger partial charge < -0.3 is 14.2 Å². The van der Waals surface area contributed by atoms with Gasteiger partial charge in [0.25, 0.3) is 5.91 Å². The number of rotatable bonds is 2. The van der Waals surface area contributed by atoms with E-state index in [-0.39, 0.29) is 11.9 Å². The van der Waals surface area contributed by atoms with E-state index < -0.39 is 0 Å². The van der Waals surface area contributed by atoms with Crippen LogP contribution in [0.2, 0.25) is 0 Å². The quantitative estimate of drug-likeness (QED) is 0.714. The summed E-state index contributed by atoms with van der Waals surface area (Å²) in [6.07, 6.45) is 6.97.